The van der Waals surface area contributed by atoms with Crippen molar-refractivity contribution in [3.05, 3.63) is 16.0 Å². The molecule has 4 N–H and O–H groups in total. The highest BCUT2D eigenvalue weighted by Crippen LogP contribution is 2.32. The lowest BCUT2D eigenvalue weighted by Gasteiger charge is -2.04. The summed E-state index contributed by atoms with van der Waals surface area (Å²) in [6, 6.07) is 0.592. The summed E-state index contributed by atoms with van der Waals surface area (Å²) < 4.78 is 0. The molecule has 0 saturated heterocycles. The van der Waals surface area contributed by atoms with Gasteiger partial charge in [0.05, 0.1) is 15.4 Å². The minimum Gasteiger partial charge on any atom is -0.390 e. The Kier molecular flexibility index (Phi) is 2.97. The van der Waals surface area contributed by atoms with Gasteiger partial charge in [-0.1, -0.05) is 0 Å². The van der Waals surface area contributed by atoms with Crippen molar-refractivity contribution in [3.63, 3.8) is 0 Å². The van der Waals surface area contributed by atoms with Gasteiger partial charge in [0.2, 0.25) is 0 Å². The number of anilines is 1. The van der Waals surface area contributed by atoms with Gasteiger partial charge in [0.25, 0.3) is 11.8 Å². The highest BCUT2D eigenvalue weighted by Gasteiger charge is 2.30. The van der Waals surface area contributed by atoms with Crippen molar-refractivity contribution >= 4 is 28.2 Å². The maximum Gasteiger partial charge on any atom is 0.261 e. The smallest absolute Gasteiger partial charge is 0.261 e. The van der Waals surface area contributed by atoms with Crippen LogP contribution in [0.4, 0.5) is 5.00 Å². The van der Waals surface area contributed by atoms with Crippen LogP contribution in [0.1, 0.15) is 51.3 Å². The second-order valence-corrected chi connectivity index (χ2v) is 6.34. The fraction of sp³-hybridized carbons (Fsp3) is 0.538. The molecule has 2 aliphatic carbocycles. The molecule has 102 valence electrons. The molecule has 19 heavy (non-hydrogen) atoms. The number of rotatable bonds is 4. The summed E-state index contributed by atoms with van der Waals surface area (Å²) in [7, 11) is 0. The molecule has 0 unspecified atom stereocenters. The van der Waals surface area contributed by atoms with Crippen molar-refractivity contribution in [3.8, 4) is 0 Å². The number of hydrogen-bond acceptors (Lipinski definition) is 4. The van der Waals surface area contributed by atoms with Gasteiger partial charge in [0.15, 0.2) is 0 Å². The number of carbonyl (C=O) groups excluding carboxylic acids is 2. The first kappa shape index (κ1) is 12.5. The van der Waals surface area contributed by atoms with Gasteiger partial charge in [-0.3, -0.25) is 9.59 Å². The van der Waals surface area contributed by atoms with E-state index in [9.17, 15) is 9.59 Å². The van der Waals surface area contributed by atoms with Crippen LogP contribution in [-0.4, -0.2) is 23.9 Å². The Morgan fingerprint density at radius 1 is 1.11 bits per heavy atom. The molecule has 3 rings (SSSR count). The summed E-state index contributed by atoms with van der Waals surface area (Å²) in [5, 5.41) is 6.27. The maximum absolute atomic E-state index is 12.1. The van der Waals surface area contributed by atoms with Crippen LogP contribution < -0.4 is 16.4 Å². The van der Waals surface area contributed by atoms with Crippen molar-refractivity contribution in [2.24, 2.45) is 0 Å². The van der Waals surface area contributed by atoms with E-state index in [1.165, 1.54) is 11.3 Å². The number of nitrogens with two attached hydrogens (primary N) is 1. The van der Waals surface area contributed by atoms with Crippen LogP contribution in [-0.2, 0) is 0 Å². The second kappa shape index (κ2) is 4.52. The van der Waals surface area contributed by atoms with Gasteiger partial charge in [-0.25, -0.2) is 0 Å². The maximum atomic E-state index is 12.1. The van der Waals surface area contributed by atoms with E-state index in [0.29, 0.717) is 27.0 Å². The molecule has 2 aliphatic rings. The molecule has 0 radical (unpaired) electrons. The highest BCUT2D eigenvalue weighted by atomic mass is 32.1. The Hall–Kier alpha value is -1.56. The van der Waals surface area contributed by atoms with Crippen molar-refractivity contribution in [2.75, 3.05) is 5.73 Å². The number of nitrogen functional groups attached to an aromatic ring is 1. The quantitative estimate of drug-likeness (QED) is 0.779. The Morgan fingerprint density at radius 2 is 1.63 bits per heavy atom. The van der Waals surface area contributed by atoms with Crippen molar-refractivity contribution < 1.29 is 9.59 Å². The summed E-state index contributed by atoms with van der Waals surface area (Å²) >= 11 is 1.20. The molecule has 0 atom stereocenters. The Labute approximate surface area is 115 Å². The van der Waals surface area contributed by atoms with E-state index in [4.69, 9.17) is 5.73 Å². The fourth-order valence-electron chi connectivity index (χ4n) is 2.00. The Balaban J connectivity index is 1.81. The summed E-state index contributed by atoms with van der Waals surface area (Å²) in [5.41, 5.74) is 7.06. The predicted octanol–water partition coefficient (Wildman–Crippen LogP) is 1.42. The van der Waals surface area contributed by atoms with Gasteiger partial charge >= 0.3 is 0 Å². The molecule has 0 bridgehead atoms. The summed E-state index contributed by atoms with van der Waals surface area (Å²) in [6.07, 6.45) is 4.15. The predicted molar refractivity (Wildman–Crippen MR) is 74.4 cm³/mol. The lowest BCUT2D eigenvalue weighted by molar-refractivity contribution is 0.0950. The monoisotopic (exact) mass is 279 g/mol. The van der Waals surface area contributed by atoms with E-state index >= 15 is 0 Å². The van der Waals surface area contributed by atoms with E-state index in [0.717, 1.165) is 25.7 Å². The summed E-state index contributed by atoms with van der Waals surface area (Å²) in [6.45, 7) is 1.79. The zero-order chi connectivity index (χ0) is 13.6. The third-order valence-electron chi connectivity index (χ3n) is 3.43. The van der Waals surface area contributed by atoms with E-state index in [-0.39, 0.29) is 17.9 Å². The molecule has 5 nitrogen and oxygen atoms in total. The van der Waals surface area contributed by atoms with E-state index in [1.807, 2.05) is 0 Å². The van der Waals surface area contributed by atoms with Crippen molar-refractivity contribution in [1.82, 2.24) is 10.6 Å². The average molecular weight is 279 g/mol. The van der Waals surface area contributed by atoms with Gasteiger partial charge in [-0.2, -0.15) is 0 Å². The second-order valence-electron chi connectivity index (χ2n) is 5.29. The van der Waals surface area contributed by atoms with Crippen LogP contribution in [0.5, 0.6) is 0 Å². The van der Waals surface area contributed by atoms with E-state index in [2.05, 4.69) is 10.6 Å². The molecule has 2 saturated carbocycles. The molecule has 2 fully saturated rings. The van der Waals surface area contributed by atoms with Crippen LogP contribution in [0.25, 0.3) is 0 Å². The van der Waals surface area contributed by atoms with Gasteiger partial charge in [0, 0.05) is 12.1 Å². The third-order valence-corrected chi connectivity index (χ3v) is 4.55. The van der Waals surface area contributed by atoms with Crippen LogP contribution in [0.2, 0.25) is 0 Å². The molecule has 1 aromatic heterocycles. The molecule has 1 aromatic rings. The summed E-state index contributed by atoms with van der Waals surface area (Å²) in [4.78, 5) is 24.7. The lowest BCUT2D eigenvalue weighted by Crippen LogP contribution is -2.27. The molecule has 0 spiro atoms. The average Bonchev–Trinajstić information content (AvgIpc) is 3.23. The highest BCUT2D eigenvalue weighted by molar-refractivity contribution is 7.18. The molecule has 0 aliphatic heterocycles. The van der Waals surface area contributed by atoms with Gasteiger partial charge in [-0.05, 0) is 38.2 Å². The SMILES string of the molecule is Cc1c(C(=O)NC2CC2)sc(N)c1C(=O)NC1CC1. The molecule has 2 amide bonds. The minimum absolute atomic E-state index is 0.109. The van der Waals surface area contributed by atoms with Gasteiger partial charge in [-0.15, -0.1) is 11.3 Å². The number of amides is 2. The van der Waals surface area contributed by atoms with Crippen LogP contribution in [0.15, 0.2) is 0 Å². The fourth-order valence-corrected chi connectivity index (χ4v) is 2.97. The molecular weight excluding hydrogens is 262 g/mol. The zero-order valence-corrected chi connectivity index (χ0v) is 11.6. The standard InChI is InChI=1S/C13H17N3O2S/c1-6-9(12(17)15-7-2-3-7)11(14)19-10(6)13(18)16-8-4-5-8/h7-8H,2-5,14H2,1H3,(H,15,17)(H,16,18). The lowest BCUT2D eigenvalue weighted by atomic mass is 10.1. The molecule has 1 heterocycles. The normalized spacial score (nSPS) is 18.2. The van der Waals surface area contributed by atoms with E-state index < -0.39 is 0 Å². The Bertz CT molecular complexity index is 544. The first-order valence-electron chi connectivity index (χ1n) is 6.57. The molecular formula is C13H17N3O2S. The number of thiophene rings is 1. The van der Waals surface area contributed by atoms with E-state index in [1.54, 1.807) is 6.92 Å². The van der Waals surface area contributed by atoms with Gasteiger partial charge in [0.1, 0.15) is 0 Å². The minimum atomic E-state index is -0.153. The van der Waals surface area contributed by atoms with Crippen molar-refractivity contribution in [1.29, 1.82) is 0 Å². The topological polar surface area (TPSA) is 84.2 Å². The van der Waals surface area contributed by atoms with Crippen LogP contribution in [0.3, 0.4) is 0 Å². The first-order chi connectivity index (χ1) is 9.06. The number of carbonyl (C=O) groups is 2. The first-order valence-corrected chi connectivity index (χ1v) is 7.38. The van der Waals surface area contributed by atoms with Crippen LogP contribution >= 0.6 is 11.3 Å². The number of hydrogen-bond donors (Lipinski definition) is 3. The molecule has 0 aromatic carbocycles. The Morgan fingerprint density at radius 3 is 2.16 bits per heavy atom. The zero-order valence-electron chi connectivity index (χ0n) is 10.8. The summed E-state index contributed by atoms with van der Waals surface area (Å²) in [5.74, 6) is -0.263. The van der Waals surface area contributed by atoms with Crippen LogP contribution in [0, 0.1) is 6.92 Å². The largest absolute Gasteiger partial charge is 0.390 e. The number of nitrogens with one attached hydrogen (secondary N) is 2. The van der Waals surface area contributed by atoms with Gasteiger partial charge < -0.3 is 16.4 Å². The van der Waals surface area contributed by atoms with Crippen molar-refractivity contribution in [2.45, 2.75) is 44.7 Å². The third kappa shape index (κ3) is 2.58. The molecule has 6 heteroatoms.